The van der Waals surface area contributed by atoms with E-state index < -0.39 is 6.04 Å². The molecule has 8 nitrogen and oxygen atoms in total. The van der Waals surface area contributed by atoms with Crippen molar-refractivity contribution in [3.05, 3.63) is 52.5 Å². The van der Waals surface area contributed by atoms with Gasteiger partial charge in [-0.1, -0.05) is 6.07 Å². The van der Waals surface area contributed by atoms with E-state index in [0.29, 0.717) is 5.92 Å². The van der Waals surface area contributed by atoms with E-state index in [2.05, 4.69) is 25.5 Å². The number of aromatic amines is 1. The lowest BCUT2D eigenvalue weighted by Gasteiger charge is -2.43. The van der Waals surface area contributed by atoms with E-state index in [1.54, 1.807) is 16.8 Å². The molecule has 3 N–H and O–H groups in total. The van der Waals surface area contributed by atoms with Crippen LogP contribution in [-0.4, -0.2) is 57.6 Å². The fourth-order valence-electron chi connectivity index (χ4n) is 5.25. The van der Waals surface area contributed by atoms with Gasteiger partial charge in [0.2, 0.25) is 5.91 Å². The number of pyridine rings is 1. The zero-order chi connectivity index (χ0) is 19.8. The molecule has 5 rings (SSSR count). The number of rotatable bonds is 4. The molecule has 0 saturated carbocycles. The summed E-state index contributed by atoms with van der Waals surface area (Å²) in [6, 6.07) is 5.14. The van der Waals surface area contributed by atoms with Crippen LogP contribution in [0.15, 0.2) is 35.4 Å². The minimum Gasteiger partial charge on any atom is -0.351 e. The van der Waals surface area contributed by atoms with E-state index in [1.165, 1.54) is 0 Å². The SMILES string of the molecule is O=C(NC1CCN(Cc2ncc[nH]2)CC1)[C@H]1[C@@H]2CNC[C@@H](C2)c2cccc(=O)n21. The molecule has 0 spiro atoms. The van der Waals surface area contributed by atoms with Crippen LogP contribution in [0, 0.1) is 5.92 Å². The van der Waals surface area contributed by atoms with Crippen LogP contribution in [0.4, 0.5) is 0 Å². The Labute approximate surface area is 169 Å². The number of fused-ring (bicyclic) bond motifs is 4. The van der Waals surface area contributed by atoms with E-state index >= 15 is 0 Å². The summed E-state index contributed by atoms with van der Waals surface area (Å²) < 4.78 is 1.76. The maximum atomic E-state index is 13.3. The van der Waals surface area contributed by atoms with Crippen LogP contribution in [-0.2, 0) is 11.3 Å². The summed E-state index contributed by atoms with van der Waals surface area (Å²) in [5.41, 5.74) is 0.932. The van der Waals surface area contributed by atoms with Crippen molar-refractivity contribution in [1.29, 1.82) is 0 Å². The average molecular weight is 396 g/mol. The van der Waals surface area contributed by atoms with Gasteiger partial charge in [0.05, 0.1) is 6.54 Å². The Morgan fingerprint density at radius 2 is 2.10 bits per heavy atom. The van der Waals surface area contributed by atoms with E-state index in [4.69, 9.17) is 0 Å². The lowest BCUT2D eigenvalue weighted by atomic mass is 9.79. The molecule has 0 radical (unpaired) electrons. The first-order chi connectivity index (χ1) is 14.2. The molecule has 0 aromatic carbocycles. The van der Waals surface area contributed by atoms with Gasteiger partial charge in [0.15, 0.2) is 0 Å². The number of aromatic nitrogens is 3. The zero-order valence-corrected chi connectivity index (χ0v) is 16.5. The van der Waals surface area contributed by atoms with E-state index in [-0.39, 0.29) is 23.4 Å². The lowest BCUT2D eigenvalue weighted by Crippen LogP contribution is -2.54. The number of amides is 1. The quantitative estimate of drug-likeness (QED) is 0.704. The maximum absolute atomic E-state index is 13.3. The van der Waals surface area contributed by atoms with Crippen molar-refractivity contribution in [2.45, 2.75) is 43.8 Å². The van der Waals surface area contributed by atoms with Gasteiger partial charge >= 0.3 is 0 Å². The molecule has 2 aromatic rings. The van der Waals surface area contributed by atoms with E-state index in [1.807, 2.05) is 18.3 Å². The number of carbonyl (C=O) groups is 1. The second-order valence-corrected chi connectivity index (χ2v) is 8.55. The van der Waals surface area contributed by atoms with Gasteiger partial charge in [0, 0.05) is 68.2 Å². The van der Waals surface area contributed by atoms with Crippen molar-refractivity contribution >= 4 is 5.91 Å². The van der Waals surface area contributed by atoms with Crippen molar-refractivity contribution in [2.75, 3.05) is 26.2 Å². The maximum Gasteiger partial charge on any atom is 0.251 e. The van der Waals surface area contributed by atoms with Gasteiger partial charge in [-0.3, -0.25) is 19.1 Å². The Morgan fingerprint density at radius 3 is 2.90 bits per heavy atom. The predicted octanol–water partition coefficient (Wildman–Crippen LogP) is 0.600. The second kappa shape index (κ2) is 7.76. The van der Waals surface area contributed by atoms with Gasteiger partial charge in [0.25, 0.3) is 5.56 Å². The monoisotopic (exact) mass is 396 g/mol. The average Bonchev–Trinajstić information content (AvgIpc) is 3.24. The molecule has 2 saturated heterocycles. The molecule has 0 aliphatic carbocycles. The number of H-pyrrole nitrogens is 1. The van der Waals surface area contributed by atoms with Crippen LogP contribution in [0.3, 0.4) is 0 Å². The van der Waals surface area contributed by atoms with Gasteiger partial charge in [-0.05, 0) is 25.3 Å². The van der Waals surface area contributed by atoms with Gasteiger partial charge in [0.1, 0.15) is 11.9 Å². The Hall–Kier alpha value is -2.45. The lowest BCUT2D eigenvalue weighted by molar-refractivity contribution is -0.128. The zero-order valence-electron chi connectivity index (χ0n) is 16.5. The van der Waals surface area contributed by atoms with E-state index in [9.17, 15) is 9.59 Å². The van der Waals surface area contributed by atoms with Gasteiger partial charge in [-0.2, -0.15) is 0 Å². The highest BCUT2D eigenvalue weighted by Crippen LogP contribution is 2.38. The van der Waals surface area contributed by atoms with Crippen molar-refractivity contribution in [2.24, 2.45) is 5.92 Å². The summed E-state index contributed by atoms with van der Waals surface area (Å²) in [6.07, 6.45) is 6.42. The number of piperidine rings is 2. The Balaban J connectivity index is 1.27. The molecule has 2 bridgehead atoms. The van der Waals surface area contributed by atoms with Crippen molar-refractivity contribution < 1.29 is 4.79 Å². The fourth-order valence-corrected chi connectivity index (χ4v) is 5.25. The molecule has 0 unspecified atom stereocenters. The van der Waals surface area contributed by atoms with Crippen LogP contribution in [0.1, 0.15) is 42.7 Å². The van der Waals surface area contributed by atoms with E-state index in [0.717, 1.165) is 63.5 Å². The molecule has 154 valence electrons. The smallest absolute Gasteiger partial charge is 0.251 e. The molecule has 2 fully saturated rings. The third-order valence-electron chi connectivity index (χ3n) is 6.68. The number of hydrogen-bond donors (Lipinski definition) is 3. The minimum atomic E-state index is -0.413. The predicted molar refractivity (Wildman–Crippen MR) is 108 cm³/mol. The highest BCUT2D eigenvalue weighted by atomic mass is 16.2. The van der Waals surface area contributed by atoms with Gasteiger partial charge < -0.3 is 15.6 Å². The molecular weight excluding hydrogens is 368 g/mol. The van der Waals surface area contributed by atoms with Crippen molar-refractivity contribution in [3.63, 3.8) is 0 Å². The summed E-state index contributed by atoms with van der Waals surface area (Å²) >= 11 is 0. The Morgan fingerprint density at radius 1 is 1.24 bits per heavy atom. The number of imidazole rings is 1. The Bertz CT molecular complexity index is 916. The second-order valence-electron chi connectivity index (χ2n) is 8.55. The molecule has 1 amide bonds. The minimum absolute atomic E-state index is 0.00353. The molecule has 2 aromatic heterocycles. The number of nitrogens with zero attached hydrogens (tertiary/aromatic N) is 3. The summed E-state index contributed by atoms with van der Waals surface area (Å²) in [6.45, 7) is 4.34. The summed E-state index contributed by atoms with van der Waals surface area (Å²) in [7, 11) is 0. The topological polar surface area (TPSA) is 95.1 Å². The Kier molecular flexibility index (Phi) is 4.97. The van der Waals surface area contributed by atoms with Crippen LogP contribution >= 0.6 is 0 Å². The summed E-state index contributed by atoms with van der Waals surface area (Å²) in [5, 5.41) is 6.71. The first kappa shape index (κ1) is 18.6. The summed E-state index contributed by atoms with van der Waals surface area (Å²) in [4.78, 5) is 35.7. The fraction of sp³-hybridized carbons (Fsp3) is 0.571. The largest absolute Gasteiger partial charge is 0.351 e. The third kappa shape index (κ3) is 3.62. The number of likely N-dealkylation sites (tertiary alicyclic amines) is 1. The molecule has 8 heteroatoms. The van der Waals surface area contributed by atoms with Gasteiger partial charge in [-0.25, -0.2) is 4.98 Å². The molecular formula is C21H28N6O2. The standard InChI is InChI=1S/C21H28N6O2/c28-19-3-1-2-17-14-10-15(12-22-11-14)20(27(17)19)21(29)25-16-4-8-26(9-5-16)13-18-23-6-7-24-18/h1-3,6-7,14-16,20,22H,4-5,8-13H2,(H,23,24)(H,25,29)/t14-,15+,20-/m1/s1. The molecule has 3 aliphatic rings. The summed E-state index contributed by atoms with van der Waals surface area (Å²) in [5.74, 6) is 1.46. The van der Waals surface area contributed by atoms with Gasteiger partial charge in [-0.15, -0.1) is 0 Å². The van der Waals surface area contributed by atoms with Crippen LogP contribution < -0.4 is 16.2 Å². The number of hydrogen-bond acceptors (Lipinski definition) is 5. The molecule has 29 heavy (non-hydrogen) atoms. The van der Waals surface area contributed by atoms with Crippen LogP contribution in [0.25, 0.3) is 0 Å². The number of nitrogens with one attached hydrogen (secondary N) is 3. The first-order valence-electron chi connectivity index (χ1n) is 10.6. The van der Waals surface area contributed by atoms with Crippen molar-refractivity contribution in [1.82, 2.24) is 30.1 Å². The van der Waals surface area contributed by atoms with Crippen LogP contribution in [0.5, 0.6) is 0 Å². The van der Waals surface area contributed by atoms with Crippen LogP contribution in [0.2, 0.25) is 0 Å². The molecule has 5 heterocycles. The highest BCUT2D eigenvalue weighted by Gasteiger charge is 2.41. The normalized spacial score (nSPS) is 27.4. The third-order valence-corrected chi connectivity index (χ3v) is 6.68. The van der Waals surface area contributed by atoms with Crippen molar-refractivity contribution in [3.8, 4) is 0 Å². The first-order valence-corrected chi connectivity index (χ1v) is 10.6. The highest BCUT2D eigenvalue weighted by molar-refractivity contribution is 5.81. The molecule has 3 atom stereocenters. The molecule has 3 aliphatic heterocycles. The number of carbonyl (C=O) groups excluding carboxylic acids is 1.